The minimum atomic E-state index is -3.57. The first-order valence-corrected chi connectivity index (χ1v) is 13.5. The van der Waals surface area contributed by atoms with Crippen LogP contribution in [0.4, 0.5) is 5.69 Å². The molecular weight excluding hydrogens is 450 g/mol. The lowest BCUT2D eigenvalue weighted by atomic mass is 9.84. The summed E-state index contributed by atoms with van der Waals surface area (Å²) in [4.78, 5) is 8.40. The third kappa shape index (κ3) is 4.83. The van der Waals surface area contributed by atoms with Gasteiger partial charge in [0.15, 0.2) is 0 Å². The fourth-order valence-electron chi connectivity index (χ4n) is 5.12. The lowest BCUT2D eigenvalue weighted by Gasteiger charge is -2.22. The Morgan fingerprint density at radius 2 is 1.97 bits per heavy atom. The quantitative estimate of drug-likeness (QED) is 0.552. The van der Waals surface area contributed by atoms with Gasteiger partial charge in [-0.05, 0) is 60.8 Å². The largest absolute Gasteiger partial charge is 0.368 e. The van der Waals surface area contributed by atoms with Crippen molar-refractivity contribution in [2.45, 2.75) is 55.9 Å². The highest BCUT2D eigenvalue weighted by molar-refractivity contribution is 7.89. The SMILES string of the molecule is CNS(=O)(=O)c1ccc(CC2CCCCC2)c(-c2nnn(C3CCN(c4cccnc4)C3)n2)c1. The average molecular weight is 482 g/mol. The Morgan fingerprint density at radius 1 is 1.12 bits per heavy atom. The standard InChI is InChI=1S/C24H31N7O2S/c1-25-34(32,33)22-10-9-19(14-18-6-3-2-4-7-18)23(15-22)24-27-29-31(28-24)21-11-13-30(17-21)20-8-5-12-26-16-20/h5,8-10,12,15-16,18,21,25H,2-4,6-7,11,13-14,17H2,1H3. The van der Waals surface area contributed by atoms with Gasteiger partial charge in [-0.1, -0.05) is 38.2 Å². The molecule has 9 nitrogen and oxygen atoms in total. The van der Waals surface area contributed by atoms with Gasteiger partial charge in [0.2, 0.25) is 15.8 Å². The summed E-state index contributed by atoms with van der Waals surface area (Å²) in [7, 11) is -2.15. The summed E-state index contributed by atoms with van der Waals surface area (Å²) in [6.45, 7) is 1.68. The number of hydrogen-bond acceptors (Lipinski definition) is 7. The van der Waals surface area contributed by atoms with Gasteiger partial charge in [-0.15, -0.1) is 10.2 Å². The molecule has 10 heteroatoms. The lowest BCUT2D eigenvalue weighted by Crippen LogP contribution is -2.21. The highest BCUT2D eigenvalue weighted by Gasteiger charge is 2.27. The molecular formula is C24H31N7O2S. The van der Waals surface area contributed by atoms with Crippen LogP contribution in [0.25, 0.3) is 11.4 Å². The van der Waals surface area contributed by atoms with E-state index in [1.807, 2.05) is 18.3 Å². The number of rotatable bonds is 7. The second kappa shape index (κ2) is 9.79. The van der Waals surface area contributed by atoms with Gasteiger partial charge in [0.1, 0.15) is 0 Å². The molecule has 3 aromatic rings. The zero-order valence-corrected chi connectivity index (χ0v) is 20.3. The fourth-order valence-corrected chi connectivity index (χ4v) is 5.88. The van der Waals surface area contributed by atoms with Crippen LogP contribution in [-0.4, -0.2) is 53.7 Å². The second-order valence-corrected chi connectivity index (χ2v) is 11.2. The molecule has 180 valence electrons. The molecule has 2 aromatic heterocycles. The fraction of sp³-hybridized carbons (Fsp3) is 0.500. The second-order valence-electron chi connectivity index (χ2n) is 9.27. The third-order valence-electron chi connectivity index (χ3n) is 7.06. The molecule has 1 N–H and O–H groups in total. The van der Waals surface area contributed by atoms with Gasteiger partial charge in [-0.3, -0.25) is 4.98 Å². The maximum absolute atomic E-state index is 12.5. The van der Waals surface area contributed by atoms with Crippen molar-refractivity contribution in [1.82, 2.24) is 29.9 Å². The molecule has 2 fully saturated rings. The Kier molecular flexibility index (Phi) is 6.60. The molecule has 1 aromatic carbocycles. The van der Waals surface area contributed by atoms with Crippen LogP contribution in [0.5, 0.6) is 0 Å². The number of benzene rings is 1. The van der Waals surface area contributed by atoms with Crippen LogP contribution < -0.4 is 9.62 Å². The van der Waals surface area contributed by atoms with E-state index in [-0.39, 0.29) is 10.9 Å². The van der Waals surface area contributed by atoms with Gasteiger partial charge in [0.05, 0.1) is 22.8 Å². The molecule has 2 aliphatic rings. The number of sulfonamides is 1. The Bertz CT molecular complexity index is 1220. The molecule has 1 unspecified atom stereocenters. The molecule has 1 atom stereocenters. The Balaban J connectivity index is 1.42. The van der Waals surface area contributed by atoms with Crippen LogP contribution in [-0.2, 0) is 16.4 Å². The van der Waals surface area contributed by atoms with Crippen molar-refractivity contribution in [3.05, 3.63) is 48.3 Å². The molecule has 1 aliphatic carbocycles. The van der Waals surface area contributed by atoms with Gasteiger partial charge in [0, 0.05) is 24.8 Å². The van der Waals surface area contributed by atoms with E-state index in [1.165, 1.54) is 39.2 Å². The summed E-state index contributed by atoms with van der Waals surface area (Å²) in [5.74, 6) is 1.09. The summed E-state index contributed by atoms with van der Waals surface area (Å²) in [6.07, 6.45) is 11.7. The van der Waals surface area contributed by atoms with Crippen LogP contribution in [0.1, 0.15) is 50.1 Å². The van der Waals surface area contributed by atoms with Gasteiger partial charge in [-0.25, -0.2) is 13.1 Å². The van der Waals surface area contributed by atoms with Gasteiger partial charge < -0.3 is 4.90 Å². The summed E-state index contributed by atoms with van der Waals surface area (Å²) in [6, 6.07) is 9.40. The van der Waals surface area contributed by atoms with Crippen molar-refractivity contribution in [2.24, 2.45) is 5.92 Å². The predicted molar refractivity (Wildman–Crippen MR) is 130 cm³/mol. The molecule has 1 saturated heterocycles. The smallest absolute Gasteiger partial charge is 0.240 e. The molecule has 0 radical (unpaired) electrons. The lowest BCUT2D eigenvalue weighted by molar-refractivity contribution is 0.357. The van der Waals surface area contributed by atoms with Crippen molar-refractivity contribution >= 4 is 15.7 Å². The van der Waals surface area contributed by atoms with Gasteiger partial charge in [-0.2, -0.15) is 4.80 Å². The van der Waals surface area contributed by atoms with Crippen molar-refractivity contribution in [3.63, 3.8) is 0 Å². The number of pyridine rings is 1. The summed E-state index contributed by atoms with van der Waals surface area (Å²) >= 11 is 0. The van der Waals surface area contributed by atoms with Crippen molar-refractivity contribution in [3.8, 4) is 11.4 Å². The van der Waals surface area contributed by atoms with Gasteiger partial charge in [0.25, 0.3) is 0 Å². The molecule has 1 saturated carbocycles. The number of nitrogens with one attached hydrogen (secondary N) is 1. The van der Waals surface area contributed by atoms with Crippen LogP contribution in [0.2, 0.25) is 0 Å². The van der Waals surface area contributed by atoms with E-state index < -0.39 is 10.0 Å². The van der Waals surface area contributed by atoms with Crippen LogP contribution in [0, 0.1) is 5.92 Å². The van der Waals surface area contributed by atoms with Crippen LogP contribution in [0.15, 0.2) is 47.6 Å². The maximum atomic E-state index is 12.5. The number of hydrogen-bond donors (Lipinski definition) is 1. The molecule has 0 bridgehead atoms. The first-order valence-electron chi connectivity index (χ1n) is 12.0. The average Bonchev–Trinajstić information content (AvgIpc) is 3.56. The van der Waals surface area contributed by atoms with E-state index in [9.17, 15) is 8.42 Å². The Morgan fingerprint density at radius 3 is 2.74 bits per heavy atom. The molecule has 5 rings (SSSR count). The highest BCUT2D eigenvalue weighted by atomic mass is 32.2. The first kappa shape index (κ1) is 22.9. The van der Waals surface area contributed by atoms with E-state index in [0.29, 0.717) is 11.7 Å². The van der Waals surface area contributed by atoms with Crippen LogP contribution in [0.3, 0.4) is 0 Å². The van der Waals surface area contributed by atoms with E-state index in [1.54, 1.807) is 23.1 Å². The molecule has 0 spiro atoms. The molecule has 0 amide bonds. The topological polar surface area (TPSA) is 106 Å². The van der Waals surface area contributed by atoms with E-state index in [0.717, 1.165) is 42.7 Å². The zero-order chi connectivity index (χ0) is 23.5. The van der Waals surface area contributed by atoms with E-state index in [4.69, 9.17) is 5.10 Å². The van der Waals surface area contributed by atoms with Gasteiger partial charge >= 0.3 is 0 Å². The summed E-state index contributed by atoms with van der Waals surface area (Å²) in [5.41, 5.74) is 2.94. The molecule has 3 heterocycles. The van der Waals surface area contributed by atoms with Crippen molar-refractivity contribution < 1.29 is 8.42 Å². The minimum Gasteiger partial charge on any atom is -0.368 e. The number of nitrogens with zero attached hydrogens (tertiary/aromatic N) is 6. The predicted octanol–water partition coefficient (Wildman–Crippen LogP) is 3.22. The summed E-state index contributed by atoms with van der Waals surface area (Å²) in [5, 5.41) is 13.5. The molecule has 34 heavy (non-hydrogen) atoms. The Labute approximate surface area is 200 Å². The zero-order valence-electron chi connectivity index (χ0n) is 19.5. The minimum absolute atomic E-state index is 0.104. The maximum Gasteiger partial charge on any atom is 0.240 e. The highest BCUT2D eigenvalue weighted by Crippen LogP contribution is 2.32. The summed E-state index contributed by atoms with van der Waals surface area (Å²) < 4.78 is 27.4. The van der Waals surface area contributed by atoms with Crippen molar-refractivity contribution in [2.75, 3.05) is 25.0 Å². The number of anilines is 1. The molecule has 1 aliphatic heterocycles. The first-order chi connectivity index (χ1) is 16.5. The van der Waals surface area contributed by atoms with E-state index in [2.05, 4.69) is 31.0 Å². The van der Waals surface area contributed by atoms with Crippen molar-refractivity contribution in [1.29, 1.82) is 0 Å². The number of aromatic nitrogens is 5. The number of tetrazole rings is 1. The Hall–Kier alpha value is -2.85. The van der Waals surface area contributed by atoms with E-state index >= 15 is 0 Å². The third-order valence-corrected chi connectivity index (χ3v) is 8.48. The monoisotopic (exact) mass is 481 g/mol. The van der Waals surface area contributed by atoms with Crippen LogP contribution >= 0.6 is 0 Å². The normalized spacial score (nSPS) is 19.6.